The predicted molar refractivity (Wildman–Crippen MR) is 104 cm³/mol. The normalized spacial score (nSPS) is 22.7. The minimum atomic E-state index is -0.307. The highest BCUT2D eigenvalue weighted by Crippen LogP contribution is 2.28. The van der Waals surface area contributed by atoms with Gasteiger partial charge in [0.15, 0.2) is 10.9 Å². The summed E-state index contributed by atoms with van der Waals surface area (Å²) in [6, 6.07) is 3.29. The first kappa shape index (κ1) is 19.1. The molecule has 2 unspecified atom stereocenters. The smallest absolute Gasteiger partial charge is 0.293 e. The van der Waals surface area contributed by atoms with Gasteiger partial charge in [0.25, 0.3) is 5.91 Å². The number of ether oxygens (including phenoxy) is 1. The highest BCUT2D eigenvalue weighted by Gasteiger charge is 2.29. The van der Waals surface area contributed by atoms with Crippen LogP contribution in [0.25, 0.3) is 0 Å². The molecule has 2 amide bonds. The van der Waals surface area contributed by atoms with Crippen LogP contribution in [0, 0.1) is 0 Å². The fourth-order valence-corrected chi connectivity index (χ4v) is 4.72. The molecule has 2 atom stereocenters. The van der Waals surface area contributed by atoms with E-state index in [1.165, 1.54) is 17.6 Å². The molecule has 1 fully saturated rings. The van der Waals surface area contributed by atoms with Gasteiger partial charge in [0, 0.05) is 37.5 Å². The summed E-state index contributed by atoms with van der Waals surface area (Å²) in [6.07, 6.45) is 2.38. The van der Waals surface area contributed by atoms with Crippen LogP contribution in [-0.2, 0) is 22.5 Å². The summed E-state index contributed by atoms with van der Waals surface area (Å²) in [5.41, 5.74) is 0.997. The van der Waals surface area contributed by atoms with Crippen molar-refractivity contribution in [3.8, 4) is 0 Å². The zero-order chi connectivity index (χ0) is 19.7. The second kappa shape index (κ2) is 8.02. The summed E-state index contributed by atoms with van der Waals surface area (Å²) in [5, 5.41) is 3.35. The molecule has 8 nitrogen and oxygen atoms in total. The first-order valence-electron chi connectivity index (χ1n) is 9.47. The number of nitrogens with zero attached hydrogens (tertiary/aromatic N) is 3. The van der Waals surface area contributed by atoms with Crippen molar-refractivity contribution in [2.24, 2.45) is 0 Å². The highest BCUT2D eigenvalue weighted by atomic mass is 32.1. The zero-order valence-corrected chi connectivity index (χ0v) is 16.8. The van der Waals surface area contributed by atoms with Crippen molar-refractivity contribution in [3.63, 3.8) is 0 Å². The van der Waals surface area contributed by atoms with Gasteiger partial charge in [-0.05, 0) is 26.0 Å². The molecule has 0 aromatic carbocycles. The third-order valence-corrected chi connectivity index (χ3v) is 5.90. The summed E-state index contributed by atoms with van der Waals surface area (Å²) in [7, 11) is 0. The molecule has 0 aliphatic carbocycles. The minimum absolute atomic E-state index is 0.0717. The maximum atomic E-state index is 12.7. The highest BCUT2D eigenvalue weighted by molar-refractivity contribution is 7.15. The Balaban J connectivity index is 1.35. The van der Waals surface area contributed by atoms with Gasteiger partial charge in [-0.2, -0.15) is 0 Å². The van der Waals surface area contributed by atoms with Gasteiger partial charge in [-0.25, -0.2) is 4.98 Å². The molecule has 9 heteroatoms. The number of rotatable bonds is 4. The Morgan fingerprint density at radius 1 is 1.32 bits per heavy atom. The molecule has 0 radical (unpaired) electrons. The van der Waals surface area contributed by atoms with Crippen LogP contribution in [0.2, 0.25) is 0 Å². The first-order valence-corrected chi connectivity index (χ1v) is 10.3. The monoisotopic (exact) mass is 404 g/mol. The minimum Gasteiger partial charge on any atom is -0.459 e. The number of anilines is 1. The quantitative estimate of drug-likeness (QED) is 0.838. The van der Waals surface area contributed by atoms with Crippen LogP contribution in [-0.4, -0.2) is 65.0 Å². The molecule has 0 spiro atoms. The van der Waals surface area contributed by atoms with Gasteiger partial charge >= 0.3 is 0 Å². The summed E-state index contributed by atoms with van der Waals surface area (Å²) in [6.45, 7) is 7.13. The Morgan fingerprint density at radius 2 is 2.11 bits per heavy atom. The van der Waals surface area contributed by atoms with Crippen molar-refractivity contribution in [1.29, 1.82) is 0 Å². The number of hydrogen-bond donors (Lipinski definition) is 1. The van der Waals surface area contributed by atoms with Crippen LogP contribution in [0.15, 0.2) is 22.8 Å². The van der Waals surface area contributed by atoms with E-state index in [4.69, 9.17) is 9.15 Å². The van der Waals surface area contributed by atoms with Crippen molar-refractivity contribution < 1.29 is 18.7 Å². The van der Waals surface area contributed by atoms with Gasteiger partial charge in [-0.1, -0.05) is 0 Å². The summed E-state index contributed by atoms with van der Waals surface area (Å²) in [4.78, 5) is 34.5. The number of carbonyl (C=O) groups excluding carboxylic acids is 2. The van der Waals surface area contributed by atoms with E-state index < -0.39 is 0 Å². The van der Waals surface area contributed by atoms with Crippen LogP contribution in [0.5, 0.6) is 0 Å². The third-order valence-electron chi connectivity index (χ3n) is 4.91. The molecule has 1 N–H and O–H groups in total. The lowest BCUT2D eigenvalue weighted by atomic mass is 10.1. The van der Waals surface area contributed by atoms with Gasteiger partial charge in [-0.15, -0.1) is 11.3 Å². The van der Waals surface area contributed by atoms with E-state index in [-0.39, 0.29) is 29.8 Å². The first-order chi connectivity index (χ1) is 13.5. The Morgan fingerprint density at radius 3 is 2.82 bits per heavy atom. The van der Waals surface area contributed by atoms with E-state index in [9.17, 15) is 9.59 Å². The second-order valence-electron chi connectivity index (χ2n) is 7.34. The topological polar surface area (TPSA) is 87.9 Å². The summed E-state index contributed by atoms with van der Waals surface area (Å²) in [5.74, 6) is 0.0920. The number of carbonyl (C=O) groups is 2. The van der Waals surface area contributed by atoms with Crippen molar-refractivity contribution in [3.05, 3.63) is 34.7 Å². The molecule has 4 rings (SSSR count). The standard InChI is InChI=1S/C19H24N4O4S/c1-12-8-23(9-13(2)27-12)17(24)11-22-6-5-14-16(10-22)28-19(20-14)21-18(25)15-4-3-7-26-15/h3-4,7,12-13H,5-6,8-11H2,1-2H3,(H,20,21,25). The van der Waals surface area contributed by atoms with Gasteiger partial charge in [0.2, 0.25) is 5.91 Å². The number of nitrogens with one attached hydrogen (secondary N) is 1. The average Bonchev–Trinajstić information content (AvgIpc) is 3.29. The van der Waals surface area contributed by atoms with Crippen LogP contribution >= 0.6 is 11.3 Å². The molecular formula is C19H24N4O4S. The molecule has 2 aliphatic rings. The molecule has 2 aromatic heterocycles. The number of aromatic nitrogens is 1. The van der Waals surface area contributed by atoms with E-state index in [0.29, 0.717) is 31.3 Å². The third kappa shape index (κ3) is 4.26. The van der Waals surface area contributed by atoms with Crippen molar-refractivity contribution in [2.45, 2.75) is 39.0 Å². The maximum Gasteiger partial charge on any atom is 0.293 e. The molecular weight excluding hydrogens is 380 g/mol. The van der Waals surface area contributed by atoms with Gasteiger partial charge in [-0.3, -0.25) is 19.8 Å². The van der Waals surface area contributed by atoms with Gasteiger partial charge in [0.1, 0.15) is 0 Å². The fourth-order valence-electron chi connectivity index (χ4n) is 3.68. The zero-order valence-electron chi connectivity index (χ0n) is 16.0. The predicted octanol–water partition coefficient (Wildman–Crippen LogP) is 1.98. The lowest BCUT2D eigenvalue weighted by Gasteiger charge is -2.36. The Bertz CT molecular complexity index is 840. The van der Waals surface area contributed by atoms with Crippen LogP contribution < -0.4 is 5.32 Å². The van der Waals surface area contributed by atoms with E-state index in [0.717, 1.165) is 23.5 Å². The van der Waals surface area contributed by atoms with Crippen molar-refractivity contribution in [1.82, 2.24) is 14.8 Å². The van der Waals surface area contributed by atoms with Crippen LogP contribution in [0.3, 0.4) is 0 Å². The van der Waals surface area contributed by atoms with E-state index in [2.05, 4.69) is 15.2 Å². The van der Waals surface area contributed by atoms with E-state index >= 15 is 0 Å². The summed E-state index contributed by atoms with van der Waals surface area (Å²) < 4.78 is 10.8. The Labute approximate surface area is 167 Å². The van der Waals surface area contributed by atoms with Crippen LogP contribution in [0.4, 0.5) is 5.13 Å². The molecule has 28 heavy (non-hydrogen) atoms. The Hall–Kier alpha value is -2.23. The number of amides is 2. The van der Waals surface area contributed by atoms with Crippen molar-refractivity contribution in [2.75, 3.05) is 31.5 Å². The number of furan rings is 1. The Kier molecular flexibility index (Phi) is 5.47. The molecule has 2 aromatic rings. The fraction of sp³-hybridized carbons (Fsp3) is 0.526. The van der Waals surface area contributed by atoms with Gasteiger partial charge in [0.05, 0.1) is 30.7 Å². The van der Waals surface area contributed by atoms with E-state index in [1.54, 1.807) is 12.1 Å². The summed E-state index contributed by atoms with van der Waals surface area (Å²) >= 11 is 1.46. The number of hydrogen-bond acceptors (Lipinski definition) is 7. The van der Waals surface area contributed by atoms with Crippen molar-refractivity contribution >= 4 is 28.3 Å². The molecule has 150 valence electrons. The molecule has 1 saturated heterocycles. The molecule has 2 aliphatic heterocycles. The lowest BCUT2D eigenvalue weighted by Crippen LogP contribution is -2.51. The number of thiazole rings is 1. The SMILES string of the molecule is CC1CN(C(=O)CN2CCc3nc(NC(=O)c4ccco4)sc3C2)CC(C)O1. The molecule has 0 saturated carbocycles. The average molecular weight is 404 g/mol. The number of morpholine rings is 1. The molecule has 0 bridgehead atoms. The van der Waals surface area contributed by atoms with Gasteiger partial charge < -0.3 is 14.1 Å². The van der Waals surface area contributed by atoms with E-state index in [1.807, 2.05) is 18.7 Å². The largest absolute Gasteiger partial charge is 0.459 e. The number of fused-ring (bicyclic) bond motifs is 1. The maximum absolute atomic E-state index is 12.7. The van der Waals surface area contributed by atoms with Crippen LogP contribution in [0.1, 0.15) is 35.0 Å². The molecule has 4 heterocycles. The second-order valence-corrected chi connectivity index (χ2v) is 8.42. The lowest BCUT2D eigenvalue weighted by molar-refractivity contribution is -0.144.